The van der Waals surface area contributed by atoms with Gasteiger partial charge in [0.25, 0.3) is 5.91 Å². The number of nitrogens with one attached hydrogen (secondary N) is 2. The third-order valence-corrected chi connectivity index (χ3v) is 4.16. The van der Waals surface area contributed by atoms with Crippen LogP contribution < -0.4 is 15.5 Å². The summed E-state index contributed by atoms with van der Waals surface area (Å²) in [5, 5.41) is 6.06. The first kappa shape index (κ1) is 20.2. The molecule has 0 bridgehead atoms. The highest BCUT2D eigenvalue weighted by atomic mass is 32.1. The fourth-order valence-electron chi connectivity index (χ4n) is 1.93. The zero-order valence-corrected chi connectivity index (χ0v) is 14.9. The smallest absolute Gasteiger partial charge is 0.326 e. The van der Waals surface area contributed by atoms with Crippen LogP contribution >= 0.6 is 11.3 Å². The molecule has 2 N–H and O–H groups in total. The zero-order valence-electron chi connectivity index (χ0n) is 14.1. The lowest BCUT2D eigenvalue weighted by Gasteiger charge is -2.08. The monoisotopic (exact) mass is 399 g/mol. The number of hydrogen-bond acceptors (Lipinski definition) is 6. The van der Waals surface area contributed by atoms with Gasteiger partial charge in [0.05, 0.1) is 6.54 Å². The molecule has 11 heteroatoms. The van der Waals surface area contributed by atoms with Crippen LogP contribution in [0, 0.1) is 18.6 Å². The van der Waals surface area contributed by atoms with Gasteiger partial charge in [0.1, 0.15) is 6.54 Å². The van der Waals surface area contributed by atoms with E-state index in [9.17, 15) is 28.0 Å². The molecule has 0 aliphatic carbocycles. The van der Waals surface area contributed by atoms with Gasteiger partial charge >= 0.3 is 10.8 Å². The average Bonchev–Trinajstić information content (AvgIpc) is 2.93. The van der Waals surface area contributed by atoms with Gasteiger partial charge in [0.15, 0.2) is 18.2 Å². The Labute approximate surface area is 155 Å². The Bertz CT molecular complexity index is 925. The fraction of sp³-hybridized carbons (Fsp3) is 0.250. The van der Waals surface area contributed by atoms with E-state index in [2.05, 4.69) is 10.6 Å². The van der Waals surface area contributed by atoms with Gasteiger partial charge in [-0.3, -0.25) is 23.7 Å². The molecule has 0 unspecified atom stereocenters. The van der Waals surface area contributed by atoms with E-state index in [0.29, 0.717) is 5.69 Å². The number of carbonyl (C=O) groups is 3. The minimum absolute atomic E-state index is 0.0242. The SMILES string of the molecule is Cc1csc(=O)n1CC(=O)OCC(=O)NCC(=O)Nc1ccc(F)c(F)c1. The van der Waals surface area contributed by atoms with Gasteiger partial charge in [-0.05, 0) is 19.1 Å². The van der Waals surface area contributed by atoms with Crippen molar-refractivity contribution in [3.05, 3.63) is 50.6 Å². The molecule has 0 atom stereocenters. The molecular formula is C16H15F2N3O5S. The molecule has 0 radical (unpaired) electrons. The lowest BCUT2D eigenvalue weighted by molar-refractivity contribution is -0.149. The Balaban J connectivity index is 1.72. The van der Waals surface area contributed by atoms with Crippen molar-refractivity contribution in [3.8, 4) is 0 Å². The Hall–Kier alpha value is -3.08. The van der Waals surface area contributed by atoms with Crippen molar-refractivity contribution in [2.24, 2.45) is 0 Å². The standard InChI is InChI=1S/C16H15F2N3O5S/c1-9-8-27-16(25)21(9)6-15(24)26-7-14(23)19-5-13(22)20-10-2-3-11(17)12(18)4-10/h2-4,8H,5-7H2,1H3,(H,19,23)(H,20,22). The van der Waals surface area contributed by atoms with Gasteiger partial charge in [-0.1, -0.05) is 11.3 Å². The van der Waals surface area contributed by atoms with Gasteiger partial charge in [0, 0.05) is 22.8 Å². The van der Waals surface area contributed by atoms with Crippen LogP contribution in [0.5, 0.6) is 0 Å². The predicted octanol–water partition coefficient (Wildman–Crippen LogP) is 0.795. The van der Waals surface area contributed by atoms with Gasteiger partial charge in [0.2, 0.25) is 5.91 Å². The Morgan fingerprint density at radius 1 is 1.19 bits per heavy atom. The third kappa shape index (κ3) is 5.99. The first-order valence-electron chi connectivity index (χ1n) is 7.58. The van der Waals surface area contributed by atoms with E-state index < -0.39 is 42.6 Å². The number of esters is 1. The quantitative estimate of drug-likeness (QED) is 0.670. The molecule has 2 rings (SSSR count). The molecule has 0 saturated carbocycles. The molecule has 2 aromatic rings. The summed E-state index contributed by atoms with van der Waals surface area (Å²) < 4.78 is 31.8. The number of rotatable bonds is 7. The molecule has 27 heavy (non-hydrogen) atoms. The van der Waals surface area contributed by atoms with Crippen LogP contribution in [0.25, 0.3) is 0 Å². The lowest BCUT2D eigenvalue weighted by atomic mass is 10.3. The van der Waals surface area contributed by atoms with E-state index in [0.717, 1.165) is 29.5 Å². The lowest BCUT2D eigenvalue weighted by Crippen LogP contribution is -2.36. The van der Waals surface area contributed by atoms with Crippen LogP contribution in [0.15, 0.2) is 28.4 Å². The topological polar surface area (TPSA) is 106 Å². The molecular weight excluding hydrogens is 384 g/mol. The number of halogens is 2. The largest absolute Gasteiger partial charge is 0.454 e. The minimum Gasteiger partial charge on any atom is -0.454 e. The van der Waals surface area contributed by atoms with Crippen LogP contribution in [0.3, 0.4) is 0 Å². The summed E-state index contributed by atoms with van der Waals surface area (Å²) in [6.07, 6.45) is 0. The maximum absolute atomic E-state index is 13.0. The van der Waals surface area contributed by atoms with Gasteiger partial charge in [-0.15, -0.1) is 0 Å². The first-order valence-corrected chi connectivity index (χ1v) is 8.46. The second kappa shape index (κ2) is 9.03. The van der Waals surface area contributed by atoms with Gasteiger partial charge < -0.3 is 15.4 Å². The van der Waals surface area contributed by atoms with Crippen molar-refractivity contribution < 1.29 is 27.9 Å². The molecule has 0 aliphatic heterocycles. The molecule has 1 aromatic carbocycles. The number of benzene rings is 1. The number of aromatic nitrogens is 1. The van der Waals surface area contributed by atoms with E-state index >= 15 is 0 Å². The van der Waals surface area contributed by atoms with Crippen molar-refractivity contribution in [1.29, 1.82) is 0 Å². The molecule has 0 spiro atoms. The Kier molecular flexibility index (Phi) is 6.77. The van der Waals surface area contributed by atoms with Gasteiger partial charge in [-0.2, -0.15) is 0 Å². The second-order valence-corrected chi connectivity index (χ2v) is 6.16. The average molecular weight is 399 g/mol. The summed E-state index contributed by atoms with van der Waals surface area (Å²) in [7, 11) is 0. The van der Waals surface area contributed by atoms with E-state index in [-0.39, 0.29) is 17.1 Å². The van der Waals surface area contributed by atoms with Crippen LogP contribution in [-0.4, -0.2) is 35.5 Å². The van der Waals surface area contributed by atoms with E-state index in [1.54, 1.807) is 12.3 Å². The summed E-state index contributed by atoms with van der Waals surface area (Å²) >= 11 is 0.943. The number of nitrogens with zero attached hydrogens (tertiary/aromatic N) is 1. The molecule has 1 heterocycles. The van der Waals surface area contributed by atoms with Crippen molar-refractivity contribution in [2.75, 3.05) is 18.5 Å². The summed E-state index contributed by atoms with van der Waals surface area (Å²) in [5.41, 5.74) is 0.622. The van der Waals surface area contributed by atoms with Crippen molar-refractivity contribution >= 4 is 34.8 Å². The number of carbonyl (C=O) groups excluding carboxylic acids is 3. The number of aryl methyl sites for hydroxylation is 1. The zero-order chi connectivity index (χ0) is 20.0. The number of hydrogen-bond donors (Lipinski definition) is 2. The molecule has 8 nitrogen and oxygen atoms in total. The van der Waals surface area contributed by atoms with Crippen LogP contribution in [0.4, 0.5) is 14.5 Å². The molecule has 2 amide bonds. The predicted molar refractivity (Wildman–Crippen MR) is 92.3 cm³/mol. The van der Waals surface area contributed by atoms with E-state index in [1.807, 2.05) is 0 Å². The summed E-state index contributed by atoms with van der Waals surface area (Å²) in [4.78, 5) is 46.1. The summed E-state index contributed by atoms with van der Waals surface area (Å²) in [5.74, 6) is -4.37. The minimum atomic E-state index is -1.12. The first-order chi connectivity index (χ1) is 12.8. The van der Waals surface area contributed by atoms with Crippen molar-refractivity contribution in [1.82, 2.24) is 9.88 Å². The van der Waals surface area contributed by atoms with E-state index in [1.165, 1.54) is 4.57 Å². The number of anilines is 1. The summed E-state index contributed by atoms with van der Waals surface area (Å²) in [6.45, 7) is 0.245. The Morgan fingerprint density at radius 2 is 1.93 bits per heavy atom. The number of thiazole rings is 1. The number of amides is 2. The fourth-order valence-corrected chi connectivity index (χ4v) is 2.66. The highest BCUT2D eigenvalue weighted by molar-refractivity contribution is 7.07. The molecule has 1 aromatic heterocycles. The Morgan fingerprint density at radius 3 is 2.56 bits per heavy atom. The molecule has 0 saturated heterocycles. The molecule has 0 fully saturated rings. The highest BCUT2D eigenvalue weighted by Gasteiger charge is 2.13. The highest BCUT2D eigenvalue weighted by Crippen LogP contribution is 2.12. The normalized spacial score (nSPS) is 10.3. The van der Waals surface area contributed by atoms with Crippen LogP contribution in [0.2, 0.25) is 0 Å². The van der Waals surface area contributed by atoms with Crippen molar-refractivity contribution in [2.45, 2.75) is 13.5 Å². The van der Waals surface area contributed by atoms with Crippen LogP contribution in [0.1, 0.15) is 5.69 Å². The van der Waals surface area contributed by atoms with Gasteiger partial charge in [-0.25, -0.2) is 8.78 Å². The van der Waals surface area contributed by atoms with Crippen LogP contribution in [-0.2, 0) is 25.7 Å². The second-order valence-electron chi connectivity index (χ2n) is 5.34. The maximum atomic E-state index is 13.0. The number of ether oxygens (including phenoxy) is 1. The van der Waals surface area contributed by atoms with E-state index in [4.69, 9.17) is 4.74 Å². The molecule has 144 valence electrons. The molecule has 0 aliphatic rings. The summed E-state index contributed by atoms with van der Waals surface area (Å²) in [6, 6.07) is 2.81. The third-order valence-electron chi connectivity index (χ3n) is 3.28. The maximum Gasteiger partial charge on any atom is 0.326 e. The van der Waals surface area contributed by atoms with Crippen molar-refractivity contribution in [3.63, 3.8) is 0 Å².